The van der Waals surface area contributed by atoms with Gasteiger partial charge in [-0.3, -0.25) is 4.79 Å². The molecule has 0 spiro atoms. The maximum atomic E-state index is 11.6. The zero-order chi connectivity index (χ0) is 11.9. The molecule has 0 saturated carbocycles. The first-order valence-electron chi connectivity index (χ1n) is 6.27. The molecule has 3 N–H and O–H groups in total. The molecule has 0 aromatic carbocycles. The fourth-order valence-electron chi connectivity index (χ4n) is 1.96. The molecule has 1 rings (SSSR count). The second-order valence-electron chi connectivity index (χ2n) is 4.78. The van der Waals surface area contributed by atoms with Crippen LogP contribution in [0.3, 0.4) is 0 Å². The maximum absolute atomic E-state index is 11.6. The van der Waals surface area contributed by atoms with Gasteiger partial charge in [0.15, 0.2) is 0 Å². The summed E-state index contributed by atoms with van der Waals surface area (Å²) in [5.74, 6) is 1.44. The number of rotatable bonds is 7. The Bertz CT molecular complexity index is 215. The monoisotopic (exact) mass is 244 g/mol. The van der Waals surface area contributed by atoms with Crippen LogP contribution in [0.2, 0.25) is 0 Å². The lowest BCUT2D eigenvalue weighted by Gasteiger charge is -2.22. The molecule has 1 unspecified atom stereocenters. The van der Waals surface area contributed by atoms with E-state index >= 15 is 0 Å². The smallest absolute Gasteiger partial charge is 0.220 e. The van der Waals surface area contributed by atoms with Crippen LogP contribution < -0.4 is 11.1 Å². The molecule has 0 radical (unpaired) electrons. The first-order chi connectivity index (χ1) is 7.66. The molecule has 1 fully saturated rings. The Balaban J connectivity index is 2.05. The van der Waals surface area contributed by atoms with Crippen LogP contribution in [-0.4, -0.2) is 29.5 Å². The van der Waals surface area contributed by atoms with Crippen LogP contribution in [0.25, 0.3) is 0 Å². The first kappa shape index (κ1) is 13.8. The van der Waals surface area contributed by atoms with Crippen LogP contribution in [0.1, 0.15) is 45.4 Å². The zero-order valence-electron chi connectivity index (χ0n) is 10.3. The van der Waals surface area contributed by atoms with E-state index in [0.717, 1.165) is 32.4 Å². The lowest BCUT2D eigenvalue weighted by molar-refractivity contribution is -0.121. The lowest BCUT2D eigenvalue weighted by Crippen LogP contribution is -2.36. The van der Waals surface area contributed by atoms with E-state index in [1.54, 1.807) is 0 Å². The van der Waals surface area contributed by atoms with Crippen molar-refractivity contribution in [1.29, 1.82) is 0 Å². The summed E-state index contributed by atoms with van der Waals surface area (Å²) in [6, 6.07) is 0. The van der Waals surface area contributed by atoms with Crippen LogP contribution in [0.15, 0.2) is 0 Å². The Morgan fingerprint density at radius 1 is 1.44 bits per heavy atom. The van der Waals surface area contributed by atoms with E-state index in [0.29, 0.717) is 6.42 Å². The summed E-state index contributed by atoms with van der Waals surface area (Å²) in [5.41, 5.74) is 5.40. The summed E-state index contributed by atoms with van der Waals surface area (Å²) in [5, 5.41) is 3.05. The molecule has 0 aromatic heterocycles. The van der Waals surface area contributed by atoms with Crippen LogP contribution in [0.5, 0.6) is 0 Å². The van der Waals surface area contributed by atoms with E-state index in [2.05, 4.69) is 12.2 Å². The number of unbranched alkanes of at least 4 members (excludes halogenated alkanes) is 2. The van der Waals surface area contributed by atoms with Crippen molar-refractivity contribution in [2.75, 3.05) is 18.8 Å². The Kier molecular flexibility index (Phi) is 6.21. The van der Waals surface area contributed by atoms with Crippen molar-refractivity contribution in [1.82, 2.24) is 5.32 Å². The summed E-state index contributed by atoms with van der Waals surface area (Å²) in [4.78, 5) is 11.6. The van der Waals surface area contributed by atoms with E-state index in [1.165, 1.54) is 18.6 Å². The van der Waals surface area contributed by atoms with Gasteiger partial charge in [-0.1, -0.05) is 6.42 Å². The third kappa shape index (κ3) is 5.21. The van der Waals surface area contributed by atoms with Crippen molar-refractivity contribution < 1.29 is 4.79 Å². The van der Waals surface area contributed by atoms with Crippen molar-refractivity contribution in [2.24, 2.45) is 5.73 Å². The van der Waals surface area contributed by atoms with Gasteiger partial charge in [0.1, 0.15) is 0 Å². The summed E-state index contributed by atoms with van der Waals surface area (Å²) in [7, 11) is 0. The van der Waals surface area contributed by atoms with E-state index in [9.17, 15) is 4.79 Å². The van der Waals surface area contributed by atoms with Gasteiger partial charge >= 0.3 is 0 Å². The number of nitrogens with two attached hydrogens (primary N) is 1. The summed E-state index contributed by atoms with van der Waals surface area (Å²) < 4.78 is 0.285. The molecule has 3 nitrogen and oxygen atoms in total. The number of carbonyl (C=O) groups excluding carboxylic acids is 1. The number of hydrogen-bond acceptors (Lipinski definition) is 3. The van der Waals surface area contributed by atoms with Crippen molar-refractivity contribution in [3.8, 4) is 0 Å². The van der Waals surface area contributed by atoms with Gasteiger partial charge in [0, 0.05) is 17.7 Å². The van der Waals surface area contributed by atoms with Gasteiger partial charge in [0.05, 0.1) is 0 Å². The summed E-state index contributed by atoms with van der Waals surface area (Å²) >= 11 is 1.99. The van der Waals surface area contributed by atoms with Crippen molar-refractivity contribution >= 4 is 17.7 Å². The fourth-order valence-corrected chi connectivity index (χ4v) is 3.20. The fraction of sp³-hybridized carbons (Fsp3) is 0.917. The van der Waals surface area contributed by atoms with Gasteiger partial charge in [0.25, 0.3) is 0 Å². The molecule has 1 aliphatic rings. The third-order valence-electron chi connectivity index (χ3n) is 3.07. The van der Waals surface area contributed by atoms with E-state index in [4.69, 9.17) is 5.73 Å². The van der Waals surface area contributed by atoms with Crippen LogP contribution in [0, 0.1) is 0 Å². The second-order valence-corrected chi connectivity index (χ2v) is 6.46. The highest BCUT2D eigenvalue weighted by molar-refractivity contribution is 8.00. The van der Waals surface area contributed by atoms with Gasteiger partial charge in [-0.05, 0) is 44.9 Å². The predicted molar refractivity (Wildman–Crippen MR) is 70.6 cm³/mol. The SMILES string of the molecule is CC1(CNC(=O)CCCCCN)CCCS1. The topological polar surface area (TPSA) is 55.1 Å². The minimum atomic E-state index is 0.200. The van der Waals surface area contributed by atoms with Crippen LogP contribution in [-0.2, 0) is 4.79 Å². The number of thioether (sulfide) groups is 1. The highest BCUT2D eigenvalue weighted by atomic mass is 32.2. The average Bonchev–Trinajstić information content (AvgIpc) is 2.70. The zero-order valence-corrected chi connectivity index (χ0v) is 11.1. The molecule has 0 bridgehead atoms. The number of hydrogen-bond donors (Lipinski definition) is 2. The normalized spacial score (nSPS) is 24.6. The first-order valence-corrected chi connectivity index (χ1v) is 7.25. The molecular formula is C12H24N2OS. The number of nitrogens with one attached hydrogen (secondary N) is 1. The quantitative estimate of drug-likeness (QED) is 0.673. The Morgan fingerprint density at radius 3 is 2.88 bits per heavy atom. The molecule has 94 valence electrons. The minimum Gasteiger partial charge on any atom is -0.355 e. The Labute approximate surface area is 103 Å². The molecule has 1 atom stereocenters. The molecule has 0 aromatic rings. The number of carbonyl (C=O) groups is 1. The highest BCUT2D eigenvalue weighted by Crippen LogP contribution is 2.36. The Morgan fingerprint density at radius 2 is 2.25 bits per heavy atom. The summed E-state index contributed by atoms with van der Waals surface area (Å²) in [6.07, 6.45) is 6.23. The molecule has 0 aliphatic carbocycles. The van der Waals surface area contributed by atoms with E-state index in [1.807, 2.05) is 11.8 Å². The highest BCUT2D eigenvalue weighted by Gasteiger charge is 2.29. The van der Waals surface area contributed by atoms with Crippen molar-refractivity contribution in [2.45, 2.75) is 50.2 Å². The molecular weight excluding hydrogens is 220 g/mol. The minimum absolute atomic E-state index is 0.200. The number of amides is 1. The standard InChI is InChI=1S/C12H24N2OS/c1-12(7-5-9-16-12)10-14-11(15)6-3-2-4-8-13/h2-10,13H2,1H3,(H,14,15). The molecule has 1 amide bonds. The average molecular weight is 244 g/mol. The van der Waals surface area contributed by atoms with Gasteiger partial charge in [-0.2, -0.15) is 11.8 Å². The maximum Gasteiger partial charge on any atom is 0.220 e. The van der Waals surface area contributed by atoms with Crippen molar-refractivity contribution in [3.63, 3.8) is 0 Å². The summed E-state index contributed by atoms with van der Waals surface area (Å²) in [6.45, 7) is 3.81. The second kappa shape index (κ2) is 7.17. The predicted octanol–water partition coefficient (Wildman–Crippen LogP) is 1.91. The van der Waals surface area contributed by atoms with Gasteiger partial charge in [0.2, 0.25) is 5.91 Å². The third-order valence-corrected chi connectivity index (χ3v) is 4.61. The Hall–Kier alpha value is -0.220. The van der Waals surface area contributed by atoms with E-state index in [-0.39, 0.29) is 10.7 Å². The van der Waals surface area contributed by atoms with E-state index < -0.39 is 0 Å². The molecule has 1 saturated heterocycles. The van der Waals surface area contributed by atoms with Gasteiger partial charge in [-0.25, -0.2) is 0 Å². The van der Waals surface area contributed by atoms with Crippen LogP contribution >= 0.6 is 11.8 Å². The lowest BCUT2D eigenvalue weighted by atomic mass is 10.1. The molecule has 4 heteroatoms. The molecule has 1 heterocycles. The van der Waals surface area contributed by atoms with Gasteiger partial charge in [-0.15, -0.1) is 0 Å². The van der Waals surface area contributed by atoms with Crippen molar-refractivity contribution in [3.05, 3.63) is 0 Å². The van der Waals surface area contributed by atoms with Gasteiger partial charge < -0.3 is 11.1 Å². The molecule has 1 aliphatic heterocycles. The molecule has 16 heavy (non-hydrogen) atoms. The largest absolute Gasteiger partial charge is 0.355 e. The van der Waals surface area contributed by atoms with Crippen LogP contribution in [0.4, 0.5) is 0 Å².